The molecule has 4 saturated carbocycles. The van der Waals surface area contributed by atoms with Gasteiger partial charge in [-0.3, -0.25) is 9.69 Å². The first-order valence-corrected chi connectivity index (χ1v) is 11.5. The number of carbonyl (C=O) groups excluding carboxylic acids is 1. The standard InChI is InChI=1S/C24H35N3O2/c1-29-22-4-2-21(3-5-22)27-10-8-26(9-11-27)7-6-25-23(28)24-15-18-12-19(16-24)14-20(13-18)17-24/h2-5,18-20H,6-17H2,1H3,(H,25,28). The maximum absolute atomic E-state index is 13.1. The normalized spacial score (nSPS) is 33.7. The number of piperazine rings is 1. The summed E-state index contributed by atoms with van der Waals surface area (Å²) in [6.07, 6.45) is 7.66. The molecule has 1 aromatic carbocycles. The molecule has 1 aromatic rings. The van der Waals surface area contributed by atoms with Gasteiger partial charge in [0.1, 0.15) is 5.75 Å². The van der Waals surface area contributed by atoms with E-state index in [0.717, 1.165) is 82.0 Å². The minimum absolute atomic E-state index is 0.0121. The monoisotopic (exact) mass is 397 g/mol. The van der Waals surface area contributed by atoms with Crippen LogP contribution in [0.1, 0.15) is 38.5 Å². The molecular weight excluding hydrogens is 362 g/mol. The second-order valence-corrected chi connectivity index (χ2v) is 9.98. The van der Waals surface area contributed by atoms with E-state index in [1.807, 2.05) is 12.1 Å². The number of carbonyl (C=O) groups is 1. The molecule has 29 heavy (non-hydrogen) atoms. The Kier molecular flexibility index (Phi) is 5.19. The van der Waals surface area contributed by atoms with Gasteiger partial charge in [-0.05, 0) is 80.5 Å². The van der Waals surface area contributed by atoms with Crippen LogP contribution in [0.4, 0.5) is 5.69 Å². The van der Waals surface area contributed by atoms with E-state index in [0.29, 0.717) is 5.91 Å². The number of nitrogens with one attached hydrogen (secondary N) is 1. The molecule has 0 unspecified atom stereocenters. The highest BCUT2D eigenvalue weighted by molar-refractivity contribution is 5.83. The summed E-state index contributed by atoms with van der Waals surface area (Å²) in [7, 11) is 1.70. The van der Waals surface area contributed by atoms with E-state index in [9.17, 15) is 4.79 Å². The molecule has 4 aliphatic carbocycles. The number of benzene rings is 1. The Morgan fingerprint density at radius 2 is 1.59 bits per heavy atom. The van der Waals surface area contributed by atoms with Gasteiger partial charge in [0.25, 0.3) is 0 Å². The number of hydrogen-bond acceptors (Lipinski definition) is 4. The van der Waals surface area contributed by atoms with Gasteiger partial charge < -0.3 is 15.0 Å². The highest BCUT2D eigenvalue weighted by atomic mass is 16.5. The Labute approximate surface area is 174 Å². The van der Waals surface area contributed by atoms with Gasteiger partial charge in [0.05, 0.1) is 7.11 Å². The Balaban J connectivity index is 1.07. The van der Waals surface area contributed by atoms with Gasteiger partial charge in [0.15, 0.2) is 0 Å². The average molecular weight is 398 g/mol. The molecule has 0 spiro atoms. The number of amides is 1. The first-order chi connectivity index (χ1) is 14.1. The minimum atomic E-state index is -0.0121. The third-order valence-corrected chi connectivity index (χ3v) is 8.04. The van der Waals surface area contributed by atoms with Crippen molar-refractivity contribution in [3.63, 3.8) is 0 Å². The molecule has 1 heterocycles. The molecule has 1 saturated heterocycles. The van der Waals surface area contributed by atoms with Gasteiger partial charge in [-0.15, -0.1) is 0 Å². The Morgan fingerprint density at radius 3 is 2.14 bits per heavy atom. The van der Waals surface area contributed by atoms with E-state index < -0.39 is 0 Å². The number of ether oxygens (including phenoxy) is 1. The number of hydrogen-bond donors (Lipinski definition) is 1. The smallest absolute Gasteiger partial charge is 0.226 e. The molecule has 0 atom stereocenters. The molecule has 158 valence electrons. The summed E-state index contributed by atoms with van der Waals surface area (Å²) >= 11 is 0. The first kappa shape index (κ1) is 19.2. The van der Waals surface area contributed by atoms with Crippen LogP contribution in [-0.4, -0.2) is 57.2 Å². The second kappa shape index (κ2) is 7.82. The van der Waals surface area contributed by atoms with Gasteiger partial charge in [-0.1, -0.05) is 0 Å². The third kappa shape index (κ3) is 3.86. The van der Waals surface area contributed by atoms with E-state index in [4.69, 9.17) is 4.74 Å². The van der Waals surface area contributed by atoms with Crippen LogP contribution in [0.25, 0.3) is 0 Å². The van der Waals surface area contributed by atoms with Gasteiger partial charge in [-0.2, -0.15) is 0 Å². The first-order valence-electron chi connectivity index (χ1n) is 11.5. The molecule has 1 N–H and O–H groups in total. The topological polar surface area (TPSA) is 44.8 Å². The highest BCUT2D eigenvalue weighted by Gasteiger charge is 2.54. The van der Waals surface area contributed by atoms with Crippen LogP contribution in [0.15, 0.2) is 24.3 Å². The van der Waals surface area contributed by atoms with Crippen molar-refractivity contribution in [3.05, 3.63) is 24.3 Å². The van der Waals surface area contributed by atoms with Crippen molar-refractivity contribution in [3.8, 4) is 5.75 Å². The van der Waals surface area contributed by atoms with Crippen LogP contribution in [0, 0.1) is 23.2 Å². The lowest BCUT2D eigenvalue weighted by molar-refractivity contribution is -0.146. The molecule has 1 aliphatic heterocycles. The Bertz CT molecular complexity index is 689. The second-order valence-electron chi connectivity index (χ2n) is 9.98. The molecule has 1 amide bonds. The summed E-state index contributed by atoms with van der Waals surface area (Å²) in [5, 5.41) is 3.33. The maximum Gasteiger partial charge on any atom is 0.226 e. The van der Waals surface area contributed by atoms with Crippen LogP contribution < -0.4 is 15.0 Å². The fourth-order valence-electron chi connectivity index (χ4n) is 6.93. The summed E-state index contributed by atoms with van der Waals surface area (Å²) in [5.41, 5.74) is 1.25. The molecule has 0 aromatic heterocycles. The lowest BCUT2D eigenvalue weighted by Crippen LogP contribution is -2.54. The van der Waals surface area contributed by atoms with Crippen molar-refractivity contribution in [2.45, 2.75) is 38.5 Å². The van der Waals surface area contributed by atoms with E-state index >= 15 is 0 Å². The summed E-state index contributed by atoms with van der Waals surface area (Å²) in [4.78, 5) is 18.0. The zero-order chi connectivity index (χ0) is 19.8. The zero-order valence-corrected chi connectivity index (χ0v) is 17.7. The van der Waals surface area contributed by atoms with Crippen LogP contribution in [-0.2, 0) is 4.79 Å². The predicted molar refractivity (Wildman–Crippen MR) is 115 cm³/mol. The van der Waals surface area contributed by atoms with Crippen molar-refractivity contribution in [2.75, 3.05) is 51.3 Å². The van der Waals surface area contributed by atoms with Gasteiger partial charge in [0, 0.05) is 50.4 Å². The van der Waals surface area contributed by atoms with Crippen molar-refractivity contribution in [1.82, 2.24) is 10.2 Å². The van der Waals surface area contributed by atoms with E-state index in [1.54, 1.807) is 7.11 Å². The van der Waals surface area contributed by atoms with Gasteiger partial charge in [-0.25, -0.2) is 0 Å². The van der Waals surface area contributed by atoms with E-state index in [2.05, 4.69) is 27.2 Å². The van der Waals surface area contributed by atoms with Crippen LogP contribution in [0.3, 0.4) is 0 Å². The summed E-state index contributed by atoms with van der Waals surface area (Å²) in [6.45, 7) is 5.95. The fraction of sp³-hybridized carbons (Fsp3) is 0.708. The molecule has 5 fully saturated rings. The number of rotatable bonds is 6. The van der Waals surface area contributed by atoms with Gasteiger partial charge >= 0.3 is 0 Å². The molecule has 4 bridgehead atoms. The number of methoxy groups -OCH3 is 1. The van der Waals surface area contributed by atoms with Crippen LogP contribution in [0.5, 0.6) is 5.75 Å². The number of anilines is 1. The predicted octanol–water partition coefficient (Wildman–Crippen LogP) is 3.15. The van der Waals surface area contributed by atoms with Crippen molar-refractivity contribution >= 4 is 11.6 Å². The highest BCUT2D eigenvalue weighted by Crippen LogP contribution is 2.60. The molecular formula is C24H35N3O2. The maximum atomic E-state index is 13.1. The number of nitrogens with zero attached hydrogens (tertiary/aromatic N) is 2. The largest absolute Gasteiger partial charge is 0.497 e. The molecule has 5 nitrogen and oxygen atoms in total. The minimum Gasteiger partial charge on any atom is -0.497 e. The summed E-state index contributed by atoms with van der Waals surface area (Å²) < 4.78 is 5.25. The van der Waals surface area contributed by atoms with Crippen molar-refractivity contribution in [1.29, 1.82) is 0 Å². The van der Waals surface area contributed by atoms with E-state index in [1.165, 1.54) is 24.9 Å². The fourth-order valence-corrected chi connectivity index (χ4v) is 6.93. The van der Waals surface area contributed by atoms with Gasteiger partial charge in [0.2, 0.25) is 5.91 Å². The zero-order valence-electron chi connectivity index (χ0n) is 17.7. The van der Waals surface area contributed by atoms with Crippen LogP contribution >= 0.6 is 0 Å². The lowest BCUT2D eigenvalue weighted by Gasteiger charge is -2.55. The molecule has 5 aliphatic rings. The van der Waals surface area contributed by atoms with Crippen molar-refractivity contribution < 1.29 is 9.53 Å². The summed E-state index contributed by atoms with van der Waals surface area (Å²) in [5.74, 6) is 3.77. The Hall–Kier alpha value is -1.75. The Morgan fingerprint density at radius 1 is 1.00 bits per heavy atom. The average Bonchev–Trinajstić information content (AvgIpc) is 2.73. The molecule has 6 rings (SSSR count). The molecule has 5 heteroatoms. The third-order valence-electron chi connectivity index (χ3n) is 8.04. The SMILES string of the molecule is COc1ccc(N2CCN(CCNC(=O)C34CC5CC(CC(C5)C3)C4)CC2)cc1. The van der Waals surface area contributed by atoms with Crippen LogP contribution in [0.2, 0.25) is 0 Å². The quantitative estimate of drug-likeness (QED) is 0.801. The summed E-state index contributed by atoms with van der Waals surface area (Å²) in [6, 6.07) is 8.34. The van der Waals surface area contributed by atoms with Crippen molar-refractivity contribution in [2.24, 2.45) is 23.2 Å². The lowest BCUT2D eigenvalue weighted by atomic mass is 9.49. The molecule has 0 radical (unpaired) electrons. The van der Waals surface area contributed by atoms with E-state index in [-0.39, 0.29) is 5.41 Å².